The number of carboxylic acid groups (broad SMARTS) is 2. The maximum absolute atomic E-state index is 12.8. The second-order valence-electron chi connectivity index (χ2n) is 14.3. The van der Waals surface area contributed by atoms with Crippen LogP contribution in [0.4, 0.5) is 0 Å². The van der Waals surface area contributed by atoms with Crippen molar-refractivity contribution in [3.8, 4) is 0 Å². The number of fused-ring (bicyclic) bond motifs is 7. The Morgan fingerprint density at radius 3 is 2.06 bits per heavy atom. The molecule has 3 N–H and O–H groups in total. The minimum atomic E-state index is -0.797. The fourth-order valence-corrected chi connectivity index (χ4v) is 11.4. The Labute approximate surface area is 210 Å². The first-order valence-electron chi connectivity index (χ1n) is 14.0. The van der Waals surface area contributed by atoms with Gasteiger partial charge in [0.25, 0.3) is 0 Å². The summed E-state index contributed by atoms with van der Waals surface area (Å²) in [7, 11) is 0. The van der Waals surface area contributed by atoms with Crippen molar-refractivity contribution in [2.24, 2.45) is 56.7 Å². The van der Waals surface area contributed by atoms with E-state index in [0.717, 1.165) is 56.9 Å². The highest BCUT2D eigenvalue weighted by molar-refractivity contribution is 5.76. The number of hydrogen-bond acceptors (Lipinski definition) is 3. The first kappa shape index (κ1) is 25.3. The van der Waals surface area contributed by atoms with Gasteiger partial charge in [-0.05, 0) is 118 Å². The van der Waals surface area contributed by atoms with Crippen molar-refractivity contribution >= 4 is 11.9 Å². The topological polar surface area (TPSA) is 94.8 Å². The van der Waals surface area contributed by atoms with E-state index in [-0.39, 0.29) is 34.5 Å². The molecule has 0 bridgehead atoms. The van der Waals surface area contributed by atoms with Gasteiger partial charge < -0.3 is 15.3 Å². The van der Waals surface area contributed by atoms with Crippen LogP contribution in [0.5, 0.6) is 0 Å². The molecule has 5 nitrogen and oxygen atoms in total. The predicted molar refractivity (Wildman–Crippen MR) is 135 cm³/mol. The third kappa shape index (κ3) is 2.85. The van der Waals surface area contributed by atoms with Crippen LogP contribution in [0.1, 0.15) is 98.8 Å². The van der Waals surface area contributed by atoms with Gasteiger partial charge in [0.05, 0.1) is 16.9 Å². The van der Waals surface area contributed by atoms with Crippen molar-refractivity contribution in [2.75, 3.05) is 0 Å². The maximum Gasteiger partial charge on any atom is 0.309 e. The quantitative estimate of drug-likeness (QED) is 0.416. The summed E-state index contributed by atoms with van der Waals surface area (Å²) in [5.41, 5.74) is -0.810. The fourth-order valence-electron chi connectivity index (χ4n) is 11.4. The molecule has 5 aliphatic rings. The number of aliphatic hydroxyl groups excluding tert-OH is 1. The molecule has 5 fully saturated rings. The van der Waals surface area contributed by atoms with Gasteiger partial charge in [-0.1, -0.05) is 32.9 Å². The van der Waals surface area contributed by atoms with Crippen molar-refractivity contribution in [2.45, 2.75) is 105 Å². The Bertz CT molecular complexity index is 958. The summed E-state index contributed by atoms with van der Waals surface area (Å²) in [6.07, 6.45) is 7.62. The average molecular weight is 487 g/mol. The van der Waals surface area contributed by atoms with Gasteiger partial charge in [-0.15, -0.1) is 0 Å². The molecule has 5 aliphatic carbocycles. The van der Waals surface area contributed by atoms with Crippen LogP contribution in [0, 0.1) is 56.7 Å². The summed E-state index contributed by atoms with van der Waals surface area (Å²) in [5.74, 6) is -0.417. The zero-order chi connectivity index (χ0) is 25.8. The van der Waals surface area contributed by atoms with Crippen molar-refractivity contribution in [3.63, 3.8) is 0 Å². The Kier molecular flexibility index (Phi) is 5.48. The number of allylic oxidation sites excluding steroid dienone is 1. The average Bonchev–Trinajstić information content (AvgIpc) is 3.18. The molecule has 5 rings (SSSR count). The van der Waals surface area contributed by atoms with Gasteiger partial charge >= 0.3 is 11.9 Å². The zero-order valence-electron chi connectivity index (χ0n) is 22.4. The largest absolute Gasteiger partial charge is 0.481 e. The van der Waals surface area contributed by atoms with Crippen molar-refractivity contribution < 1.29 is 24.9 Å². The van der Waals surface area contributed by atoms with Gasteiger partial charge in [0.2, 0.25) is 0 Å². The minimum Gasteiger partial charge on any atom is -0.481 e. The summed E-state index contributed by atoms with van der Waals surface area (Å²) in [4.78, 5) is 25.3. The third-order valence-electron chi connectivity index (χ3n) is 13.6. The van der Waals surface area contributed by atoms with E-state index in [9.17, 15) is 24.9 Å². The van der Waals surface area contributed by atoms with E-state index in [1.54, 1.807) is 0 Å². The van der Waals surface area contributed by atoms with Gasteiger partial charge in [-0.3, -0.25) is 9.59 Å². The Hall–Kier alpha value is -1.36. The lowest BCUT2D eigenvalue weighted by atomic mass is 9.32. The highest BCUT2D eigenvalue weighted by Gasteiger charge is 2.73. The molecule has 0 amide bonds. The van der Waals surface area contributed by atoms with Gasteiger partial charge in [0.1, 0.15) is 0 Å². The molecular weight excluding hydrogens is 440 g/mol. The maximum atomic E-state index is 12.8. The van der Waals surface area contributed by atoms with Gasteiger partial charge in [-0.25, -0.2) is 0 Å². The normalized spacial score (nSPS) is 55.1. The Morgan fingerprint density at radius 1 is 0.771 bits per heavy atom. The van der Waals surface area contributed by atoms with Gasteiger partial charge in [-0.2, -0.15) is 0 Å². The number of carboxylic acids is 2. The van der Waals surface area contributed by atoms with Crippen LogP contribution in [0.3, 0.4) is 0 Å². The van der Waals surface area contributed by atoms with Crippen LogP contribution in [0.25, 0.3) is 0 Å². The first-order valence-corrected chi connectivity index (χ1v) is 14.0. The lowest BCUT2D eigenvalue weighted by Gasteiger charge is -2.72. The lowest BCUT2D eigenvalue weighted by molar-refractivity contribution is -0.261. The Morgan fingerprint density at radius 2 is 1.46 bits per heavy atom. The standard InChI is InChI=1S/C30H46O5/c1-17(2)18-9-14-30(25(34)35)16-15-27(4)19(23(18)30)7-8-21-28(27,5)13-10-20-26(3,24(32)33)12-11-22(31)29(20,21)6/h18-23,31H,1,7-16H2,2-6H3,(H,32,33)(H,34,35)/t18-,19+,20-,21-,22?,23+,26+,27+,28+,29-,30-/m0/s1. The smallest absolute Gasteiger partial charge is 0.309 e. The lowest BCUT2D eigenvalue weighted by Crippen LogP contribution is -2.69. The monoisotopic (exact) mass is 486 g/mol. The van der Waals surface area contributed by atoms with E-state index in [4.69, 9.17) is 0 Å². The molecule has 0 heterocycles. The highest BCUT2D eigenvalue weighted by Crippen LogP contribution is 2.77. The van der Waals surface area contributed by atoms with E-state index in [2.05, 4.69) is 34.3 Å². The molecule has 11 atom stereocenters. The summed E-state index contributed by atoms with van der Waals surface area (Å²) in [5, 5.41) is 32.3. The number of aliphatic carboxylic acids is 2. The number of aliphatic hydroxyl groups is 1. The second kappa shape index (κ2) is 7.58. The molecule has 1 unspecified atom stereocenters. The SMILES string of the molecule is C=C(C)[C@@H]1CC[C@]2(C(=O)O)CC[C@]3(C)[C@H](CC[C@@H]4[C@@]5(C)C(O)CC[C@@](C)(C(=O)O)[C@@H]5CC[C@]43C)[C@@H]12. The van der Waals surface area contributed by atoms with E-state index >= 15 is 0 Å². The molecule has 0 saturated heterocycles. The molecule has 196 valence electrons. The van der Waals surface area contributed by atoms with Crippen molar-refractivity contribution in [1.29, 1.82) is 0 Å². The minimum absolute atomic E-state index is 0.0255. The Balaban J connectivity index is 1.59. The zero-order valence-corrected chi connectivity index (χ0v) is 22.4. The second-order valence-corrected chi connectivity index (χ2v) is 14.3. The third-order valence-corrected chi connectivity index (χ3v) is 13.6. The number of hydrogen-bond donors (Lipinski definition) is 3. The van der Waals surface area contributed by atoms with Crippen LogP contribution in [0.2, 0.25) is 0 Å². The predicted octanol–water partition coefficient (Wildman–Crippen LogP) is 6.15. The summed E-state index contributed by atoms with van der Waals surface area (Å²) < 4.78 is 0. The highest BCUT2D eigenvalue weighted by atomic mass is 16.4. The molecular formula is C30H46O5. The molecule has 5 heteroatoms. The van der Waals surface area contributed by atoms with E-state index < -0.39 is 34.3 Å². The van der Waals surface area contributed by atoms with Crippen LogP contribution >= 0.6 is 0 Å². The number of carbonyl (C=O) groups is 2. The van der Waals surface area contributed by atoms with Gasteiger partial charge in [0.15, 0.2) is 0 Å². The molecule has 0 aromatic carbocycles. The number of rotatable bonds is 3. The van der Waals surface area contributed by atoms with Crippen LogP contribution < -0.4 is 0 Å². The van der Waals surface area contributed by atoms with Crippen LogP contribution in [-0.2, 0) is 9.59 Å². The van der Waals surface area contributed by atoms with Crippen LogP contribution in [-0.4, -0.2) is 33.4 Å². The van der Waals surface area contributed by atoms with E-state index in [1.165, 1.54) is 0 Å². The molecule has 0 aromatic rings. The molecule has 0 aliphatic heterocycles. The van der Waals surface area contributed by atoms with E-state index in [1.807, 2.05) is 6.92 Å². The summed E-state index contributed by atoms with van der Waals surface area (Å²) >= 11 is 0. The van der Waals surface area contributed by atoms with Crippen LogP contribution in [0.15, 0.2) is 12.2 Å². The summed E-state index contributed by atoms with van der Waals surface area (Å²) in [6, 6.07) is 0. The molecule has 0 aromatic heterocycles. The molecule has 0 spiro atoms. The molecule has 5 saturated carbocycles. The van der Waals surface area contributed by atoms with Crippen molar-refractivity contribution in [3.05, 3.63) is 12.2 Å². The van der Waals surface area contributed by atoms with Crippen molar-refractivity contribution in [1.82, 2.24) is 0 Å². The van der Waals surface area contributed by atoms with E-state index in [0.29, 0.717) is 18.8 Å². The molecule has 0 radical (unpaired) electrons. The fraction of sp³-hybridized carbons (Fsp3) is 0.867. The first-order chi connectivity index (χ1) is 16.2. The molecule has 35 heavy (non-hydrogen) atoms. The summed E-state index contributed by atoms with van der Waals surface area (Å²) in [6.45, 7) is 15.3. The van der Waals surface area contributed by atoms with Gasteiger partial charge in [0, 0.05) is 5.41 Å².